The Morgan fingerprint density at radius 2 is 2.00 bits per heavy atom. The Kier molecular flexibility index (Phi) is 6.08. The van der Waals surface area contributed by atoms with Crippen molar-refractivity contribution in [3.8, 4) is 0 Å². The predicted octanol–water partition coefficient (Wildman–Crippen LogP) is 2.21. The molecule has 1 fully saturated rings. The summed E-state index contributed by atoms with van der Waals surface area (Å²) in [6.07, 6.45) is 1.99. The maximum absolute atomic E-state index is 5.58. The highest BCUT2D eigenvalue weighted by molar-refractivity contribution is 5.85. The molecule has 146 valence electrons. The Bertz CT molecular complexity index is 902. The van der Waals surface area contributed by atoms with Crippen molar-refractivity contribution in [2.24, 2.45) is 5.73 Å². The molecule has 8 heteroatoms. The molecule has 4 rings (SSSR count). The molecule has 1 aliphatic heterocycles. The van der Waals surface area contributed by atoms with Crippen LogP contribution in [-0.4, -0.2) is 59.0 Å². The van der Waals surface area contributed by atoms with Gasteiger partial charge in [0, 0.05) is 25.3 Å². The number of morpholine rings is 1. The van der Waals surface area contributed by atoms with Crippen LogP contribution in [0.1, 0.15) is 26.1 Å². The summed E-state index contributed by atoms with van der Waals surface area (Å²) >= 11 is 0. The van der Waals surface area contributed by atoms with Crippen molar-refractivity contribution < 1.29 is 4.74 Å². The summed E-state index contributed by atoms with van der Waals surface area (Å²) in [5.74, 6) is 1.63. The van der Waals surface area contributed by atoms with E-state index in [2.05, 4.69) is 43.0 Å². The van der Waals surface area contributed by atoms with E-state index < -0.39 is 0 Å². The van der Waals surface area contributed by atoms with Gasteiger partial charge in [-0.2, -0.15) is 0 Å². The van der Waals surface area contributed by atoms with Crippen LogP contribution < -0.4 is 16.0 Å². The van der Waals surface area contributed by atoms with Gasteiger partial charge in [-0.1, -0.05) is 7.43 Å². The van der Waals surface area contributed by atoms with Crippen molar-refractivity contribution in [1.29, 1.82) is 0 Å². The van der Waals surface area contributed by atoms with Gasteiger partial charge < -0.3 is 20.7 Å². The molecule has 0 saturated carbocycles. The first-order valence-electron chi connectivity index (χ1n) is 9.20. The molecule has 0 aliphatic carbocycles. The van der Waals surface area contributed by atoms with Crippen LogP contribution in [0.25, 0.3) is 16.7 Å². The fraction of sp³-hybridized carbons (Fsp3) is 0.526. The van der Waals surface area contributed by atoms with E-state index in [4.69, 9.17) is 15.5 Å². The molecular formula is C19H29N7O. The number of ether oxygens (including phenoxy) is 1. The van der Waals surface area contributed by atoms with E-state index in [-0.39, 0.29) is 7.43 Å². The summed E-state index contributed by atoms with van der Waals surface area (Å²) in [6.45, 7) is 6.84. The van der Waals surface area contributed by atoms with Crippen LogP contribution in [0.5, 0.6) is 0 Å². The lowest BCUT2D eigenvalue weighted by Gasteiger charge is -2.29. The zero-order valence-corrected chi connectivity index (χ0v) is 15.1. The second-order valence-electron chi connectivity index (χ2n) is 6.56. The molecule has 0 bridgehead atoms. The minimum atomic E-state index is 0. The number of nitrogens with one attached hydrogen (secondary N) is 1. The fourth-order valence-electron chi connectivity index (χ4n) is 3.38. The van der Waals surface area contributed by atoms with Gasteiger partial charge in [0.25, 0.3) is 0 Å². The van der Waals surface area contributed by atoms with E-state index >= 15 is 0 Å². The number of anilines is 2. The van der Waals surface area contributed by atoms with Crippen LogP contribution in [0, 0.1) is 6.92 Å². The highest BCUT2D eigenvalue weighted by Crippen LogP contribution is 2.26. The Hall–Kier alpha value is -2.45. The summed E-state index contributed by atoms with van der Waals surface area (Å²) in [5, 5.41) is 12.0. The van der Waals surface area contributed by atoms with Crippen LogP contribution in [0.2, 0.25) is 0 Å². The summed E-state index contributed by atoms with van der Waals surface area (Å²) in [4.78, 5) is 7.18. The van der Waals surface area contributed by atoms with Crippen LogP contribution in [-0.2, 0) is 4.74 Å². The maximum atomic E-state index is 5.58. The van der Waals surface area contributed by atoms with E-state index in [0.29, 0.717) is 6.54 Å². The van der Waals surface area contributed by atoms with Gasteiger partial charge in [0.2, 0.25) is 5.65 Å². The molecule has 27 heavy (non-hydrogen) atoms. The third-order valence-corrected chi connectivity index (χ3v) is 4.77. The summed E-state index contributed by atoms with van der Waals surface area (Å²) in [5.41, 5.74) is 9.48. The molecule has 1 aliphatic rings. The van der Waals surface area contributed by atoms with Gasteiger partial charge in [-0.05, 0) is 44.5 Å². The van der Waals surface area contributed by atoms with Gasteiger partial charge in [-0.15, -0.1) is 10.2 Å². The number of nitrogens with zero attached hydrogens (tertiary/aromatic N) is 5. The second kappa shape index (κ2) is 8.49. The number of fused-ring (bicyclic) bond motifs is 3. The van der Waals surface area contributed by atoms with Gasteiger partial charge in [-0.3, -0.25) is 4.40 Å². The predicted molar refractivity (Wildman–Crippen MR) is 110 cm³/mol. The number of hydrogen-bond donors (Lipinski definition) is 2. The third kappa shape index (κ3) is 3.81. The molecular weight excluding hydrogens is 342 g/mol. The largest absolute Gasteiger partial charge is 0.378 e. The van der Waals surface area contributed by atoms with Crippen molar-refractivity contribution >= 4 is 28.2 Å². The number of nitrogens with two attached hydrogens (primary N) is 1. The molecule has 1 saturated heterocycles. The van der Waals surface area contributed by atoms with E-state index in [1.54, 1.807) is 0 Å². The molecule has 3 N–H and O–H groups in total. The molecule has 0 radical (unpaired) electrons. The van der Waals surface area contributed by atoms with Gasteiger partial charge in [0.05, 0.1) is 24.2 Å². The Morgan fingerprint density at radius 1 is 1.19 bits per heavy atom. The first kappa shape index (κ1) is 19.3. The number of aryl methyl sites for hydroxylation is 1. The monoisotopic (exact) mass is 371 g/mol. The Labute approximate surface area is 159 Å². The third-order valence-electron chi connectivity index (χ3n) is 4.77. The minimum Gasteiger partial charge on any atom is -0.378 e. The lowest BCUT2D eigenvalue weighted by atomic mass is 10.2. The number of benzene rings is 1. The molecule has 2 aromatic heterocycles. The van der Waals surface area contributed by atoms with E-state index in [1.165, 1.54) is 5.69 Å². The Morgan fingerprint density at radius 3 is 2.78 bits per heavy atom. The zero-order valence-electron chi connectivity index (χ0n) is 15.1. The van der Waals surface area contributed by atoms with E-state index in [9.17, 15) is 0 Å². The van der Waals surface area contributed by atoms with Crippen LogP contribution in [0.4, 0.5) is 11.5 Å². The van der Waals surface area contributed by atoms with Crippen molar-refractivity contribution in [3.63, 3.8) is 0 Å². The first-order valence-corrected chi connectivity index (χ1v) is 9.20. The highest BCUT2D eigenvalue weighted by Gasteiger charge is 2.16. The van der Waals surface area contributed by atoms with Crippen molar-refractivity contribution in [2.45, 2.75) is 27.2 Å². The molecule has 0 unspecified atom stereocenters. The fourth-order valence-corrected chi connectivity index (χ4v) is 3.38. The van der Waals surface area contributed by atoms with Gasteiger partial charge in [0.1, 0.15) is 5.82 Å². The van der Waals surface area contributed by atoms with Gasteiger partial charge in [-0.25, -0.2) is 4.98 Å². The maximum Gasteiger partial charge on any atom is 0.204 e. The molecule has 8 nitrogen and oxygen atoms in total. The molecule has 1 aromatic carbocycles. The van der Waals surface area contributed by atoms with Gasteiger partial charge in [0.15, 0.2) is 5.82 Å². The topological polar surface area (TPSA) is 93.6 Å². The molecule has 0 spiro atoms. The SMILES string of the molecule is C.Cc1nnc2c(NCCCCN)nc3cc(N4CCOCC4)ccc3n12. The van der Waals surface area contributed by atoms with E-state index in [0.717, 1.165) is 74.0 Å². The summed E-state index contributed by atoms with van der Waals surface area (Å²) < 4.78 is 7.52. The van der Waals surface area contributed by atoms with Crippen molar-refractivity contribution in [1.82, 2.24) is 19.6 Å². The zero-order chi connectivity index (χ0) is 17.9. The quantitative estimate of drug-likeness (QED) is 0.642. The standard InChI is InChI=1S/C18H25N7O.CH4/c1-13-22-23-18-17(20-7-3-2-6-19)21-15-12-14(4-5-16(15)25(13)18)24-8-10-26-11-9-24;/h4-5,12H,2-3,6-11,19H2,1H3,(H,20,21);1H4. The average Bonchev–Trinajstić information content (AvgIpc) is 3.07. The number of rotatable bonds is 6. The second-order valence-corrected chi connectivity index (χ2v) is 6.56. The van der Waals surface area contributed by atoms with Crippen LogP contribution >= 0.6 is 0 Å². The molecule has 3 aromatic rings. The average molecular weight is 371 g/mol. The number of unbranched alkanes of at least 4 members (excludes halogenated alkanes) is 1. The summed E-state index contributed by atoms with van der Waals surface area (Å²) in [7, 11) is 0. The Balaban J connectivity index is 0.00000210. The smallest absolute Gasteiger partial charge is 0.204 e. The van der Waals surface area contributed by atoms with Crippen molar-refractivity contribution in [3.05, 3.63) is 24.0 Å². The molecule has 0 amide bonds. The summed E-state index contributed by atoms with van der Waals surface area (Å²) in [6, 6.07) is 6.39. The molecule has 3 heterocycles. The van der Waals surface area contributed by atoms with Crippen LogP contribution in [0.3, 0.4) is 0 Å². The lowest BCUT2D eigenvalue weighted by molar-refractivity contribution is 0.122. The first-order chi connectivity index (χ1) is 12.8. The molecule has 0 atom stereocenters. The van der Waals surface area contributed by atoms with Crippen molar-refractivity contribution in [2.75, 3.05) is 49.6 Å². The van der Waals surface area contributed by atoms with Gasteiger partial charge >= 0.3 is 0 Å². The minimum absolute atomic E-state index is 0. The highest BCUT2D eigenvalue weighted by atomic mass is 16.5. The number of hydrogen-bond acceptors (Lipinski definition) is 7. The normalized spacial score (nSPS) is 14.5. The van der Waals surface area contributed by atoms with Crippen LogP contribution in [0.15, 0.2) is 18.2 Å². The van der Waals surface area contributed by atoms with E-state index in [1.807, 2.05) is 6.92 Å². The number of aromatic nitrogens is 4. The lowest BCUT2D eigenvalue weighted by Crippen LogP contribution is -2.36.